The number of halogens is 1. The van der Waals surface area contributed by atoms with Crippen LogP contribution >= 0.6 is 0 Å². The predicted octanol–water partition coefficient (Wildman–Crippen LogP) is 4.65. The summed E-state index contributed by atoms with van der Waals surface area (Å²) in [4.78, 5) is 24.8. The molecule has 0 heterocycles. The molecule has 0 aliphatic heterocycles. The summed E-state index contributed by atoms with van der Waals surface area (Å²) in [6, 6.07) is 17.9. The predicted molar refractivity (Wildman–Crippen MR) is 106 cm³/mol. The van der Waals surface area contributed by atoms with E-state index in [1.807, 2.05) is 6.07 Å². The number of carbonyl (C=O) groups excluding carboxylic acids is 2. The first-order valence-corrected chi connectivity index (χ1v) is 8.60. The fourth-order valence-electron chi connectivity index (χ4n) is 2.60. The van der Waals surface area contributed by atoms with Crippen LogP contribution in [0, 0.1) is 12.7 Å². The van der Waals surface area contributed by atoms with E-state index in [2.05, 4.69) is 10.6 Å². The molecule has 0 fully saturated rings. The molecule has 28 heavy (non-hydrogen) atoms. The zero-order chi connectivity index (χ0) is 20.1. The fourth-order valence-corrected chi connectivity index (χ4v) is 2.60. The van der Waals surface area contributed by atoms with Crippen molar-refractivity contribution in [1.29, 1.82) is 0 Å². The number of hydrogen-bond donors (Lipinski definition) is 2. The summed E-state index contributed by atoms with van der Waals surface area (Å²) in [5, 5.41) is 5.47. The van der Waals surface area contributed by atoms with Crippen molar-refractivity contribution in [2.45, 2.75) is 6.92 Å². The van der Waals surface area contributed by atoms with E-state index in [0.29, 0.717) is 28.3 Å². The Bertz CT molecular complexity index is 1020. The summed E-state index contributed by atoms with van der Waals surface area (Å²) in [5.74, 6) is -0.755. The molecule has 3 aromatic rings. The number of aryl methyl sites for hydroxylation is 1. The van der Waals surface area contributed by atoms with E-state index in [1.54, 1.807) is 61.5 Å². The molecule has 6 heteroatoms. The Balaban J connectivity index is 1.81. The Labute approximate surface area is 162 Å². The molecule has 0 aliphatic carbocycles. The molecule has 0 bridgehead atoms. The summed E-state index contributed by atoms with van der Waals surface area (Å²) in [6.07, 6.45) is 0. The molecule has 2 N–H and O–H groups in total. The third kappa shape index (κ3) is 4.35. The maximum absolute atomic E-state index is 13.7. The largest absolute Gasteiger partial charge is 0.495 e. The second-order valence-corrected chi connectivity index (χ2v) is 6.15. The van der Waals surface area contributed by atoms with Gasteiger partial charge in [0.05, 0.1) is 12.8 Å². The molecule has 142 valence electrons. The molecule has 0 radical (unpaired) electrons. The van der Waals surface area contributed by atoms with Gasteiger partial charge in [-0.1, -0.05) is 24.3 Å². The first-order chi connectivity index (χ1) is 13.5. The number of ether oxygens (including phenoxy) is 1. The van der Waals surface area contributed by atoms with Gasteiger partial charge in [0.1, 0.15) is 11.6 Å². The third-order valence-electron chi connectivity index (χ3n) is 4.18. The average molecular weight is 378 g/mol. The number of anilines is 2. The summed E-state index contributed by atoms with van der Waals surface area (Å²) >= 11 is 0. The Morgan fingerprint density at radius 1 is 0.857 bits per heavy atom. The molecule has 0 atom stereocenters. The van der Waals surface area contributed by atoms with Crippen molar-refractivity contribution in [3.63, 3.8) is 0 Å². The fraction of sp³-hybridized carbons (Fsp3) is 0.0909. The van der Waals surface area contributed by atoms with Gasteiger partial charge in [-0.3, -0.25) is 9.59 Å². The molecule has 5 nitrogen and oxygen atoms in total. The average Bonchev–Trinajstić information content (AvgIpc) is 2.71. The number of hydrogen-bond acceptors (Lipinski definition) is 3. The molecule has 0 spiro atoms. The minimum atomic E-state index is -0.454. The highest BCUT2D eigenvalue weighted by atomic mass is 19.1. The lowest BCUT2D eigenvalue weighted by Crippen LogP contribution is -2.15. The second-order valence-electron chi connectivity index (χ2n) is 6.15. The Kier molecular flexibility index (Phi) is 5.69. The summed E-state index contributed by atoms with van der Waals surface area (Å²) in [6.45, 7) is 1.63. The van der Waals surface area contributed by atoms with Crippen molar-refractivity contribution in [1.82, 2.24) is 0 Å². The normalized spacial score (nSPS) is 10.2. The van der Waals surface area contributed by atoms with Crippen LogP contribution in [0.3, 0.4) is 0 Å². The highest BCUT2D eigenvalue weighted by Crippen LogP contribution is 2.28. The first-order valence-electron chi connectivity index (χ1n) is 8.60. The number of benzene rings is 3. The minimum absolute atomic E-state index is 0.203. The standard InChI is InChI=1S/C22H19FN2O3/c1-14-8-9-16(12-18(14)23)22(27)24-17-10-11-20(28-2)19(13-17)25-21(26)15-6-4-3-5-7-15/h3-13H,1-2H3,(H,24,27)(H,25,26). The Morgan fingerprint density at radius 2 is 1.57 bits per heavy atom. The molecule has 0 aliphatic rings. The quantitative estimate of drug-likeness (QED) is 0.679. The number of methoxy groups -OCH3 is 1. The van der Waals surface area contributed by atoms with Crippen LogP contribution in [-0.4, -0.2) is 18.9 Å². The van der Waals surface area contributed by atoms with Crippen LogP contribution in [-0.2, 0) is 0 Å². The molecular weight excluding hydrogens is 359 g/mol. The van der Waals surface area contributed by atoms with Crippen molar-refractivity contribution in [2.75, 3.05) is 17.7 Å². The van der Waals surface area contributed by atoms with Crippen LogP contribution in [0.4, 0.5) is 15.8 Å². The number of amides is 2. The molecule has 0 aromatic heterocycles. The topological polar surface area (TPSA) is 67.4 Å². The van der Waals surface area contributed by atoms with Crippen molar-refractivity contribution in [3.05, 3.63) is 89.2 Å². The maximum atomic E-state index is 13.7. The summed E-state index contributed by atoms with van der Waals surface area (Å²) in [7, 11) is 1.49. The van der Waals surface area contributed by atoms with Gasteiger partial charge in [0.25, 0.3) is 11.8 Å². The molecule has 2 amide bonds. The third-order valence-corrected chi connectivity index (χ3v) is 4.18. The zero-order valence-electron chi connectivity index (χ0n) is 15.5. The van der Waals surface area contributed by atoms with E-state index < -0.39 is 11.7 Å². The van der Waals surface area contributed by atoms with Crippen molar-refractivity contribution in [2.24, 2.45) is 0 Å². The van der Waals surface area contributed by atoms with Crippen LogP contribution in [0.2, 0.25) is 0 Å². The van der Waals surface area contributed by atoms with Crippen LogP contribution in [0.5, 0.6) is 5.75 Å². The van der Waals surface area contributed by atoms with Gasteiger partial charge in [-0.15, -0.1) is 0 Å². The van der Waals surface area contributed by atoms with Crippen LogP contribution in [0.25, 0.3) is 0 Å². The SMILES string of the molecule is COc1ccc(NC(=O)c2ccc(C)c(F)c2)cc1NC(=O)c1ccccc1. The van der Waals surface area contributed by atoms with Gasteiger partial charge in [0.15, 0.2) is 0 Å². The van der Waals surface area contributed by atoms with Gasteiger partial charge in [-0.05, 0) is 55.0 Å². The lowest BCUT2D eigenvalue weighted by atomic mass is 10.1. The van der Waals surface area contributed by atoms with Gasteiger partial charge in [-0.25, -0.2) is 4.39 Å². The number of carbonyl (C=O) groups is 2. The lowest BCUT2D eigenvalue weighted by molar-refractivity contribution is 0.101. The van der Waals surface area contributed by atoms with Crippen LogP contribution < -0.4 is 15.4 Å². The molecule has 0 saturated heterocycles. The van der Waals surface area contributed by atoms with Crippen molar-refractivity contribution in [3.8, 4) is 5.75 Å². The van der Waals surface area contributed by atoms with Crippen molar-refractivity contribution >= 4 is 23.2 Å². The van der Waals surface area contributed by atoms with E-state index in [1.165, 1.54) is 13.2 Å². The van der Waals surface area contributed by atoms with Gasteiger partial charge in [-0.2, -0.15) is 0 Å². The Hall–Kier alpha value is -3.67. The molecule has 3 rings (SSSR count). The molecule has 0 unspecified atom stereocenters. The maximum Gasteiger partial charge on any atom is 0.255 e. The van der Waals surface area contributed by atoms with Gasteiger partial charge in [0, 0.05) is 16.8 Å². The van der Waals surface area contributed by atoms with Crippen LogP contribution in [0.1, 0.15) is 26.3 Å². The van der Waals surface area contributed by atoms with Gasteiger partial charge < -0.3 is 15.4 Å². The van der Waals surface area contributed by atoms with Gasteiger partial charge >= 0.3 is 0 Å². The van der Waals surface area contributed by atoms with E-state index in [0.717, 1.165) is 0 Å². The number of rotatable bonds is 5. The molecule has 3 aromatic carbocycles. The van der Waals surface area contributed by atoms with E-state index in [9.17, 15) is 14.0 Å². The zero-order valence-corrected chi connectivity index (χ0v) is 15.5. The minimum Gasteiger partial charge on any atom is -0.495 e. The monoisotopic (exact) mass is 378 g/mol. The lowest BCUT2D eigenvalue weighted by Gasteiger charge is -2.13. The second kappa shape index (κ2) is 8.35. The van der Waals surface area contributed by atoms with E-state index in [4.69, 9.17) is 4.74 Å². The van der Waals surface area contributed by atoms with E-state index in [-0.39, 0.29) is 11.5 Å². The van der Waals surface area contributed by atoms with E-state index >= 15 is 0 Å². The highest BCUT2D eigenvalue weighted by Gasteiger charge is 2.13. The van der Waals surface area contributed by atoms with Gasteiger partial charge in [0.2, 0.25) is 0 Å². The summed E-state index contributed by atoms with van der Waals surface area (Å²) < 4.78 is 19.0. The van der Waals surface area contributed by atoms with Crippen LogP contribution in [0.15, 0.2) is 66.7 Å². The highest BCUT2D eigenvalue weighted by molar-refractivity contribution is 6.07. The summed E-state index contributed by atoms with van der Waals surface area (Å²) in [5.41, 5.74) is 2.01. The molecular formula is C22H19FN2O3. The smallest absolute Gasteiger partial charge is 0.255 e. The Morgan fingerprint density at radius 3 is 2.25 bits per heavy atom. The first kappa shape index (κ1) is 19.1. The molecule has 0 saturated carbocycles. The van der Waals surface area contributed by atoms with Crippen molar-refractivity contribution < 1.29 is 18.7 Å². The number of nitrogens with one attached hydrogen (secondary N) is 2.